The van der Waals surface area contributed by atoms with E-state index < -0.39 is 6.10 Å². The second kappa shape index (κ2) is 8.56. The number of hydrogen-bond acceptors (Lipinski definition) is 6. The number of benzene rings is 2. The number of nitrogens with zero attached hydrogens (tertiary/aromatic N) is 2. The lowest BCUT2D eigenvalue weighted by Gasteiger charge is -2.15. The van der Waals surface area contributed by atoms with E-state index in [-0.39, 0.29) is 12.5 Å². The first-order chi connectivity index (χ1) is 13.5. The normalized spacial score (nSPS) is 11.7. The van der Waals surface area contributed by atoms with Crippen LogP contribution in [0.2, 0.25) is 0 Å². The summed E-state index contributed by atoms with van der Waals surface area (Å²) in [6.07, 6.45) is -0.647. The Kier molecular flexibility index (Phi) is 5.93. The molecule has 1 N–H and O–H groups in total. The molecule has 7 heteroatoms. The topological polar surface area (TPSA) is 86.5 Å². The van der Waals surface area contributed by atoms with E-state index in [4.69, 9.17) is 14.0 Å². The van der Waals surface area contributed by atoms with Crippen molar-refractivity contribution >= 4 is 5.91 Å². The van der Waals surface area contributed by atoms with Crippen molar-refractivity contribution in [3.05, 3.63) is 59.5 Å². The third-order valence-corrected chi connectivity index (χ3v) is 4.39. The van der Waals surface area contributed by atoms with Gasteiger partial charge in [-0.05, 0) is 68.3 Å². The van der Waals surface area contributed by atoms with Crippen molar-refractivity contribution in [1.29, 1.82) is 0 Å². The van der Waals surface area contributed by atoms with Gasteiger partial charge in [0, 0.05) is 5.56 Å². The van der Waals surface area contributed by atoms with E-state index in [1.165, 1.54) is 5.56 Å². The smallest absolute Gasteiger partial charge is 0.261 e. The van der Waals surface area contributed by atoms with Gasteiger partial charge in [-0.1, -0.05) is 11.2 Å². The molecule has 0 spiro atoms. The third kappa shape index (κ3) is 4.68. The van der Waals surface area contributed by atoms with Crippen LogP contribution in [0.4, 0.5) is 0 Å². The maximum Gasteiger partial charge on any atom is 0.261 e. The molecule has 0 saturated carbocycles. The van der Waals surface area contributed by atoms with Crippen LogP contribution in [0.1, 0.15) is 23.9 Å². The first-order valence-corrected chi connectivity index (χ1v) is 8.95. The Balaban J connectivity index is 1.55. The van der Waals surface area contributed by atoms with Gasteiger partial charge in [0.1, 0.15) is 11.5 Å². The molecule has 0 aliphatic carbocycles. The average molecular weight is 381 g/mol. The number of methoxy groups -OCH3 is 1. The van der Waals surface area contributed by atoms with E-state index in [9.17, 15) is 4.79 Å². The molecule has 1 aromatic heterocycles. The lowest BCUT2D eigenvalue weighted by molar-refractivity contribution is -0.127. The van der Waals surface area contributed by atoms with E-state index in [0.29, 0.717) is 17.5 Å². The van der Waals surface area contributed by atoms with Gasteiger partial charge in [0.25, 0.3) is 5.91 Å². The highest BCUT2D eigenvalue weighted by Crippen LogP contribution is 2.20. The van der Waals surface area contributed by atoms with Gasteiger partial charge in [0.15, 0.2) is 6.10 Å². The summed E-state index contributed by atoms with van der Waals surface area (Å²) in [6.45, 7) is 5.85. The molecule has 1 amide bonds. The minimum absolute atomic E-state index is 0.128. The van der Waals surface area contributed by atoms with Crippen LogP contribution in [0.5, 0.6) is 11.5 Å². The molecular weight excluding hydrogens is 358 g/mol. The molecule has 0 radical (unpaired) electrons. The number of carbonyl (C=O) groups is 1. The first-order valence-electron chi connectivity index (χ1n) is 8.95. The zero-order valence-electron chi connectivity index (χ0n) is 16.4. The summed E-state index contributed by atoms with van der Waals surface area (Å²) in [5.74, 6) is 1.91. The quantitative estimate of drug-likeness (QED) is 0.675. The van der Waals surface area contributed by atoms with E-state index in [1.807, 2.05) is 56.3 Å². The van der Waals surface area contributed by atoms with E-state index in [0.717, 1.165) is 16.9 Å². The Bertz CT molecular complexity index is 951. The number of amides is 1. The molecule has 7 nitrogen and oxygen atoms in total. The zero-order valence-corrected chi connectivity index (χ0v) is 16.4. The third-order valence-electron chi connectivity index (χ3n) is 4.39. The van der Waals surface area contributed by atoms with E-state index >= 15 is 0 Å². The number of nitrogens with one attached hydrogen (secondary N) is 1. The number of hydrogen-bond donors (Lipinski definition) is 1. The number of rotatable bonds is 7. The van der Waals surface area contributed by atoms with Crippen LogP contribution in [-0.2, 0) is 11.3 Å². The van der Waals surface area contributed by atoms with Crippen molar-refractivity contribution in [2.75, 3.05) is 7.11 Å². The Hall–Kier alpha value is -3.35. The van der Waals surface area contributed by atoms with Crippen molar-refractivity contribution in [2.24, 2.45) is 0 Å². The standard InChI is InChI=1S/C21H23N3O4/c1-13-5-8-18(11-14(13)2)27-15(3)21(25)22-12-19-23-20(24-28-19)16-6-9-17(26-4)10-7-16/h5-11,15H,12H2,1-4H3,(H,22,25)/t15-/m0/s1. The molecule has 28 heavy (non-hydrogen) atoms. The maximum atomic E-state index is 12.3. The first kappa shape index (κ1) is 19.4. The molecule has 0 unspecified atom stereocenters. The summed E-state index contributed by atoms with van der Waals surface area (Å²) < 4.78 is 16.0. The fourth-order valence-electron chi connectivity index (χ4n) is 2.54. The van der Waals surface area contributed by atoms with Crippen LogP contribution < -0.4 is 14.8 Å². The molecule has 1 atom stereocenters. The largest absolute Gasteiger partial charge is 0.497 e. The average Bonchev–Trinajstić information content (AvgIpc) is 3.18. The highest BCUT2D eigenvalue weighted by atomic mass is 16.5. The van der Waals surface area contributed by atoms with Crippen molar-refractivity contribution in [3.8, 4) is 22.9 Å². The van der Waals surface area contributed by atoms with Crippen LogP contribution >= 0.6 is 0 Å². The van der Waals surface area contributed by atoms with Gasteiger partial charge >= 0.3 is 0 Å². The van der Waals surface area contributed by atoms with Crippen molar-refractivity contribution in [1.82, 2.24) is 15.5 Å². The zero-order chi connectivity index (χ0) is 20.1. The van der Waals surface area contributed by atoms with Gasteiger partial charge in [-0.2, -0.15) is 4.98 Å². The number of ether oxygens (including phenoxy) is 2. The lowest BCUT2D eigenvalue weighted by atomic mass is 10.1. The molecular formula is C21H23N3O4. The minimum Gasteiger partial charge on any atom is -0.497 e. The van der Waals surface area contributed by atoms with Gasteiger partial charge < -0.3 is 19.3 Å². The number of aromatic nitrogens is 2. The maximum absolute atomic E-state index is 12.3. The molecule has 0 bridgehead atoms. The fourth-order valence-corrected chi connectivity index (χ4v) is 2.54. The molecule has 0 aliphatic rings. The second-order valence-corrected chi connectivity index (χ2v) is 6.46. The SMILES string of the molecule is COc1ccc(-c2noc(CNC(=O)[C@H](C)Oc3ccc(C)c(C)c3)n2)cc1. The molecule has 0 saturated heterocycles. The Morgan fingerprint density at radius 3 is 2.50 bits per heavy atom. The summed E-state index contributed by atoms with van der Waals surface area (Å²) in [6, 6.07) is 13.0. The van der Waals surface area contributed by atoms with Crippen molar-refractivity contribution in [3.63, 3.8) is 0 Å². The van der Waals surface area contributed by atoms with Gasteiger partial charge in [0.2, 0.25) is 11.7 Å². The highest BCUT2D eigenvalue weighted by molar-refractivity contribution is 5.80. The minimum atomic E-state index is -0.647. The van der Waals surface area contributed by atoms with Crippen LogP contribution in [0.25, 0.3) is 11.4 Å². The molecule has 0 fully saturated rings. The van der Waals surface area contributed by atoms with Gasteiger partial charge in [-0.15, -0.1) is 0 Å². The summed E-state index contributed by atoms with van der Waals surface area (Å²) in [7, 11) is 1.61. The lowest BCUT2D eigenvalue weighted by Crippen LogP contribution is -2.36. The summed E-state index contributed by atoms with van der Waals surface area (Å²) in [4.78, 5) is 16.6. The molecule has 3 aromatic rings. The predicted molar refractivity (Wildman–Crippen MR) is 104 cm³/mol. The van der Waals surface area contributed by atoms with Gasteiger partial charge in [-0.25, -0.2) is 0 Å². The summed E-state index contributed by atoms with van der Waals surface area (Å²) in [5, 5.41) is 6.69. The van der Waals surface area contributed by atoms with Crippen molar-refractivity contribution in [2.45, 2.75) is 33.4 Å². The van der Waals surface area contributed by atoms with Gasteiger partial charge in [-0.3, -0.25) is 4.79 Å². The van der Waals surface area contributed by atoms with E-state index in [2.05, 4.69) is 15.5 Å². The fraction of sp³-hybridized carbons (Fsp3) is 0.286. The van der Waals surface area contributed by atoms with Crippen molar-refractivity contribution < 1.29 is 18.8 Å². The molecule has 1 heterocycles. The molecule has 146 valence electrons. The monoisotopic (exact) mass is 381 g/mol. The van der Waals surface area contributed by atoms with Crippen LogP contribution in [0.3, 0.4) is 0 Å². The van der Waals surface area contributed by atoms with Gasteiger partial charge in [0.05, 0.1) is 13.7 Å². The van der Waals surface area contributed by atoms with Crippen LogP contribution in [0.15, 0.2) is 47.0 Å². The van der Waals surface area contributed by atoms with E-state index in [1.54, 1.807) is 14.0 Å². The molecule has 0 aliphatic heterocycles. The Labute approximate surface area is 163 Å². The Morgan fingerprint density at radius 2 is 1.82 bits per heavy atom. The van der Waals surface area contributed by atoms with Crippen LogP contribution in [0, 0.1) is 13.8 Å². The number of aryl methyl sites for hydroxylation is 2. The summed E-state index contributed by atoms with van der Waals surface area (Å²) in [5.41, 5.74) is 3.09. The predicted octanol–water partition coefficient (Wildman–Crippen LogP) is 3.45. The number of carbonyl (C=O) groups excluding carboxylic acids is 1. The highest BCUT2D eigenvalue weighted by Gasteiger charge is 2.16. The van der Waals surface area contributed by atoms with Crippen LogP contribution in [-0.4, -0.2) is 29.3 Å². The molecule has 3 rings (SSSR count). The Morgan fingerprint density at radius 1 is 1.11 bits per heavy atom. The second-order valence-electron chi connectivity index (χ2n) is 6.46. The molecule has 2 aromatic carbocycles. The summed E-state index contributed by atoms with van der Waals surface area (Å²) >= 11 is 0.